The SMILES string of the molecule is CCN(CC)CCN1C(=O)c2oc3cc(C)c(C)cc3c(=O)c2[C@@H]1c1ccc(OC)cc1. The van der Waals surface area contributed by atoms with E-state index in [2.05, 4.69) is 18.7 Å². The molecular formula is C26H30N2O4. The van der Waals surface area contributed by atoms with Crippen molar-refractivity contribution in [3.8, 4) is 5.75 Å². The van der Waals surface area contributed by atoms with Gasteiger partial charge in [-0.05, 0) is 67.9 Å². The average molecular weight is 435 g/mol. The number of aryl methyl sites for hydroxylation is 2. The molecule has 1 aromatic heterocycles. The standard InChI is InChI=1S/C26H30N2O4/c1-6-27(7-2)12-13-28-23(18-8-10-19(31-5)11-9-18)22-24(29)20-14-16(3)17(4)15-21(20)32-25(22)26(28)30/h8-11,14-15,23H,6-7,12-13H2,1-5H3/t23-/m0/s1. The molecular weight excluding hydrogens is 404 g/mol. The van der Waals surface area contributed by atoms with Crippen LogP contribution in [0.5, 0.6) is 5.75 Å². The molecule has 0 saturated carbocycles. The van der Waals surface area contributed by atoms with Gasteiger partial charge in [0.1, 0.15) is 11.3 Å². The van der Waals surface area contributed by atoms with E-state index >= 15 is 0 Å². The van der Waals surface area contributed by atoms with Gasteiger partial charge < -0.3 is 19.0 Å². The van der Waals surface area contributed by atoms with Crippen LogP contribution in [-0.4, -0.2) is 49.0 Å². The maximum absolute atomic E-state index is 13.7. The predicted molar refractivity (Wildman–Crippen MR) is 126 cm³/mol. The maximum Gasteiger partial charge on any atom is 0.290 e. The second-order valence-electron chi connectivity index (χ2n) is 8.31. The molecule has 0 spiro atoms. The van der Waals surface area contributed by atoms with E-state index in [1.54, 1.807) is 12.0 Å². The van der Waals surface area contributed by atoms with Gasteiger partial charge in [-0.25, -0.2) is 0 Å². The van der Waals surface area contributed by atoms with Crippen LogP contribution in [-0.2, 0) is 0 Å². The average Bonchev–Trinajstić information content (AvgIpc) is 3.08. The Kier molecular flexibility index (Phi) is 6.07. The first-order valence-electron chi connectivity index (χ1n) is 11.1. The lowest BCUT2D eigenvalue weighted by Gasteiger charge is -2.28. The Hall–Kier alpha value is -3.12. The smallest absolute Gasteiger partial charge is 0.290 e. The number of carbonyl (C=O) groups is 1. The van der Waals surface area contributed by atoms with Gasteiger partial charge in [0.15, 0.2) is 5.43 Å². The topological polar surface area (TPSA) is 63.0 Å². The van der Waals surface area contributed by atoms with Crippen molar-refractivity contribution in [3.63, 3.8) is 0 Å². The lowest BCUT2D eigenvalue weighted by molar-refractivity contribution is 0.0708. The van der Waals surface area contributed by atoms with Gasteiger partial charge >= 0.3 is 0 Å². The van der Waals surface area contributed by atoms with E-state index < -0.39 is 6.04 Å². The quantitative estimate of drug-likeness (QED) is 0.555. The summed E-state index contributed by atoms with van der Waals surface area (Å²) in [7, 11) is 1.62. The molecule has 4 rings (SSSR count). The van der Waals surface area contributed by atoms with Gasteiger partial charge in [0, 0.05) is 13.1 Å². The first-order chi connectivity index (χ1) is 15.4. The Morgan fingerprint density at radius 1 is 1.03 bits per heavy atom. The van der Waals surface area contributed by atoms with Crippen molar-refractivity contribution in [1.29, 1.82) is 0 Å². The highest BCUT2D eigenvalue weighted by Crippen LogP contribution is 2.38. The summed E-state index contributed by atoms with van der Waals surface area (Å²) in [4.78, 5) is 31.2. The summed E-state index contributed by atoms with van der Waals surface area (Å²) in [6, 6.07) is 10.8. The van der Waals surface area contributed by atoms with Crippen LogP contribution >= 0.6 is 0 Å². The number of hydrogen-bond donors (Lipinski definition) is 0. The van der Waals surface area contributed by atoms with Crippen molar-refractivity contribution in [1.82, 2.24) is 9.80 Å². The van der Waals surface area contributed by atoms with Gasteiger partial charge in [0.25, 0.3) is 5.91 Å². The van der Waals surface area contributed by atoms with Crippen molar-refractivity contribution >= 4 is 16.9 Å². The van der Waals surface area contributed by atoms with Crippen molar-refractivity contribution in [3.05, 3.63) is 74.6 Å². The summed E-state index contributed by atoms with van der Waals surface area (Å²) in [6.45, 7) is 11.2. The van der Waals surface area contributed by atoms with Gasteiger partial charge in [-0.2, -0.15) is 0 Å². The van der Waals surface area contributed by atoms with Crippen LogP contribution in [0.25, 0.3) is 11.0 Å². The van der Waals surface area contributed by atoms with Crippen LogP contribution < -0.4 is 10.2 Å². The van der Waals surface area contributed by atoms with E-state index in [0.29, 0.717) is 23.1 Å². The van der Waals surface area contributed by atoms with Crippen LogP contribution in [0, 0.1) is 13.8 Å². The summed E-state index contributed by atoms with van der Waals surface area (Å²) >= 11 is 0. The Morgan fingerprint density at radius 3 is 2.31 bits per heavy atom. The molecule has 1 atom stereocenters. The molecule has 0 aliphatic carbocycles. The molecule has 168 valence electrons. The number of benzene rings is 2. The van der Waals surface area contributed by atoms with Gasteiger partial charge in [-0.3, -0.25) is 9.59 Å². The number of hydrogen-bond acceptors (Lipinski definition) is 5. The van der Waals surface area contributed by atoms with Gasteiger partial charge in [0.05, 0.1) is 24.1 Å². The normalized spacial score (nSPS) is 15.6. The molecule has 0 bridgehead atoms. The van der Waals surface area contributed by atoms with E-state index in [9.17, 15) is 9.59 Å². The minimum absolute atomic E-state index is 0.135. The Morgan fingerprint density at radius 2 is 1.69 bits per heavy atom. The second kappa shape index (κ2) is 8.79. The molecule has 2 aromatic carbocycles. The van der Waals surface area contributed by atoms with E-state index in [0.717, 1.165) is 42.1 Å². The third-order valence-corrected chi connectivity index (χ3v) is 6.57. The Bertz CT molecular complexity index is 1210. The molecule has 2 heterocycles. The predicted octanol–water partition coefficient (Wildman–Crippen LogP) is 4.31. The number of methoxy groups -OCH3 is 1. The van der Waals surface area contributed by atoms with E-state index in [-0.39, 0.29) is 17.1 Å². The second-order valence-corrected chi connectivity index (χ2v) is 8.31. The number of ether oxygens (including phenoxy) is 1. The Labute approximate surface area is 188 Å². The molecule has 0 radical (unpaired) electrons. The number of rotatable bonds is 7. The summed E-state index contributed by atoms with van der Waals surface area (Å²) in [5.41, 5.74) is 3.67. The highest BCUT2D eigenvalue weighted by atomic mass is 16.5. The van der Waals surface area contributed by atoms with Crippen molar-refractivity contribution < 1.29 is 13.9 Å². The first kappa shape index (κ1) is 22.1. The zero-order valence-electron chi connectivity index (χ0n) is 19.4. The van der Waals surface area contributed by atoms with Crippen LogP contribution in [0.1, 0.15) is 52.7 Å². The summed E-state index contributed by atoms with van der Waals surface area (Å²) in [5.74, 6) is 0.654. The first-order valence-corrected chi connectivity index (χ1v) is 11.1. The van der Waals surface area contributed by atoms with Crippen LogP contribution in [0.2, 0.25) is 0 Å². The minimum atomic E-state index is -0.485. The molecule has 0 saturated heterocycles. The molecule has 6 heteroatoms. The maximum atomic E-state index is 13.7. The zero-order chi connectivity index (χ0) is 23.0. The van der Waals surface area contributed by atoms with Crippen molar-refractivity contribution in [2.75, 3.05) is 33.3 Å². The molecule has 1 aliphatic heterocycles. The molecule has 0 fully saturated rings. The van der Waals surface area contributed by atoms with Gasteiger partial charge in [-0.1, -0.05) is 26.0 Å². The fraction of sp³-hybridized carbons (Fsp3) is 0.385. The molecule has 6 nitrogen and oxygen atoms in total. The molecule has 0 N–H and O–H groups in total. The third kappa shape index (κ3) is 3.69. The minimum Gasteiger partial charge on any atom is -0.497 e. The highest BCUT2D eigenvalue weighted by molar-refractivity contribution is 5.99. The molecule has 32 heavy (non-hydrogen) atoms. The molecule has 1 amide bonds. The summed E-state index contributed by atoms with van der Waals surface area (Å²) in [5, 5.41) is 0.517. The lowest BCUT2D eigenvalue weighted by atomic mass is 9.97. The van der Waals surface area contributed by atoms with Gasteiger partial charge in [0.2, 0.25) is 5.76 Å². The number of amides is 1. The van der Waals surface area contributed by atoms with Crippen LogP contribution in [0.3, 0.4) is 0 Å². The largest absolute Gasteiger partial charge is 0.497 e. The number of likely N-dealkylation sites (N-methyl/N-ethyl adjacent to an activating group) is 1. The number of carbonyl (C=O) groups excluding carboxylic acids is 1. The van der Waals surface area contributed by atoms with Crippen LogP contribution in [0.4, 0.5) is 0 Å². The highest BCUT2D eigenvalue weighted by Gasteiger charge is 2.42. The van der Waals surface area contributed by atoms with Crippen LogP contribution in [0.15, 0.2) is 45.6 Å². The number of nitrogens with zero attached hydrogens (tertiary/aromatic N) is 2. The Balaban J connectivity index is 1.88. The van der Waals surface area contributed by atoms with E-state index in [1.165, 1.54) is 0 Å². The summed E-state index contributed by atoms with van der Waals surface area (Å²) in [6.07, 6.45) is 0. The lowest BCUT2D eigenvalue weighted by Crippen LogP contribution is -2.37. The monoisotopic (exact) mass is 434 g/mol. The third-order valence-electron chi connectivity index (χ3n) is 6.57. The van der Waals surface area contributed by atoms with E-state index in [1.807, 2.05) is 50.2 Å². The zero-order valence-corrected chi connectivity index (χ0v) is 19.4. The molecule has 0 unspecified atom stereocenters. The van der Waals surface area contributed by atoms with Crippen molar-refractivity contribution in [2.24, 2.45) is 0 Å². The fourth-order valence-electron chi connectivity index (χ4n) is 4.43. The van der Waals surface area contributed by atoms with Crippen molar-refractivity contribution in [2.45, 2.75) is 33.7 Å². The summed E-state index contributed by atoms with van der Waals surface area (Å²) < 4.78 is 11.4. The molecule has 3 aromatic rings. The van der Waals surface area contributed by atoms with E-state index in [4.69, 9.17) is 9.15 Å². The molecule has 1 aliphatic rings. The van der Waals surface area contributed by atoms with Gasteiger partial charge in [-0.15, -0.1) is 0 Å². The number of fused-ring (bicyclic) bond motifs is 2. The fourth-order valence-corrected chi connectivity index (χ4v) is 4.43.